The van der Waals surface area contributed by atoms with E-state index in [-0.39, 0.29) is 0 Å². The summed E-state index contributed by atoms with van der Waals surface area (Å²) < 4.78 is 1.87. The van der Waals surface area contributed by atoms with Gasteiger partial charge in [-0.15, -0.1) is 10.2 Å². The van der Waals surface area contributed by atoms with Crippen LogP contribution in [0.25, 0.3) is 5.65 Å². The molecule has 88 valence electrons. The van der Waals surface area contributed by atoms with Gasteiger partial charge in [0.2, 0.25) is 0 Å². The zero-order chi connectivity index (χ0) is 11.7. The molecule has 4 nitrogen and oxygen atoms in total. The molecule has 0 amide bonds. The number of carbonyl (C=O) groups excluding carboxylic acids is 1. The zero-order valence-corrected chi connectivity index (χ0v) is 10.2. The fraction of sp³-hybridized carbons (Fsp3) is 0.417. The molecule has 0 aliphatic carbocycles. The van der Waals surface area contributed by atoms with Crippen molar-refractivity contribution in [1.29, 1.82) is 0 Å². The molecule has 2 aromatic heterocycles. The summed E-state index contributed by atoms with van der Waals surface area (Å²) in [5.74, 6) is 2.14. The van der Waals surface area contributed by atoms with Crippen LogP contribution in [0.1, 0.15) is 29.2 Å². The average molecular weight is 247 g/mol. The third-order valence-electron chi connectivity index (χ3n) is 3.08. The summed E-state index contributed by atoms with van der Waals surface area (Å²) in [6.07, 6.45) is 4.29. The second kappa shape index (κ2) is 4.49. The average Bonchev–Trinajstić information content (AvgIpc) is 2.99. The molecule has 0 N–H and O–H groups in total. The number of hydrogen-bond donors (Lipinski definition) is 0. The molecule has 3 heterocycles. The van der Waals surface area contributed by atoms with Crippen LogP contribution in [-0.2, 0) is 6.42 Å². The minimum absolute atomic E-state index is 0.627. The maximum Gasteiger partial charge on any atom is 0.166 e. The maximum atomic E-state index is 11.0. The molecular formula is C12H13N3OS. The number of thioether (sulfide) groups is 1. The van der Waals surface area contributed by atoms with Gasteiger partial charge in [-0.05, 0) is 30.7 Å². The smallest absolute Gasteiger partial charge is 0.166 e. The number of pyridine rings is 1. The fourth-order valence-corrected chi connectivity index (χ4v) is 3.53. The molecule has 0 aromatic carbocycles. The number of fused-ring (bicyclic) bond motifs is 1. The Morgan fingerprint density at radius 1 is 1.47 bits per heavy atom. The molecule has 1 aliphatic rings. The third kappa shape index (κ3) is 1.95. The molecule has 1 fully saturated rings. The first-order valence-electron chi connectivity index (χ1n) is 5.78. The fourth-order valence-electron chi connectivity index (χ4n) is 2.26. The first-order chi connectivity index (χ1) is 8.38. The van der Waals surface area contributed by atoms with Crippen LogP contribution in [0.4, 0.5) is 0 Å². The highest BCUT2D eigenvalue weighted by Gasteiger charge is 2.19. The Bertz CT molecular complexity index is 546. The Morgan fingerprint density at radius 2 is 2.41 bits per heavy atom. The van der Waals surface area contributed by atoms with Crippen molar-refractivity contribution in [2.45, 2.75) is 24.5 Å². The number of aldehydes is 1. The van der Waals surface area contributed by atoms with Crippen molar-refractivity contribution in [3.8, 4) is 0 Å². The molecule has 5 heteroatoms. The second-order valence-electron chi connectivity index (χ2n) is 4.22. The largest absolute Gasteiger partial charge is 0.296 e. The summed E-state index contributed by atoms with van der Waals surface area (Å²) in [6.45, 7) is 0. The van der Waals surface area contributed by atoms with Crippen LogP contribution in [0, 0.1) is 0 Å². The van der Waals surface area contributed by atoms with Gasteiger partial charge in [-0.2, -0.15) is 11.8 Å². The molecule has 2 aromatic rings. The Morgan fingerprint density at radius 3 is 3.18 bits per heavy atom. The van der Waals surface area contributed by atoms with E-state index >= 15 is 0 Å². The molecule has 0 radical (unpaired) electrons. The standard InChI is InChI=1S/C12H13N3OS/c16-8-9-3-1-5-11-13-14-12(15(9)11)7-10-4-2-6-17-10/h1,3,5,8,10H,2,4,6-7H2. The lowest BCUT2D eigenvalue weighted by atomic mass is 10.2. The lowest BCUT2D eigenvalue weighted by molar-refractivity contribution is 0.111. The van der Waals surface area contributed by atoms with E-state index < -0.39 is 0 Å². The van der Waals surface area contributed by atoms with E-state index in [9.17, 15) is 4.79 Å². The summed E-state index contributed by atoms with van der Waals surface area (Å²) in [4.78, 5) is 11.0. The molecule has 3 rings (SSSR count). The van der Waals surface area contributed by atoms with E-state index in [0.717, 1.165) is 24.2 Å². The van der Waals surface area contributed by atoms with Gasteiger partial charge in [0, 0.05) is 11.7 Å². The van der Waals surface area contributed by atoms with Crippen LogP contribution in [0.3, 0.4) is 0 Å². The minimum Gasteiger partial charge on any atom is -0.296 e. The van der Waals surface area contributed by atoms with Gasteiger partial charge in [-0.3, -0.25) is 9.20 Å². The van der Waals surface area contributed by atoms with Crippen molar-refractivity contribution >= 4 is 23.7 Å². The van der Waals surface area contributed by atoms with Gasteiger partial charge in [0.1, 0.15) is 5.82 Å². The van der Waals surface area contributed by atoms with Crippen molar-refractivity contribution in [2.75, 3.05) is 5.75 Å². The van der Waals surface area contributed by atoms with Crippen molar-refractivity contribution in [1.82, 2.24) is 14.6 Å². The lowest BCUT2D eigenvalue weighted by Gasteiger charge is -2.07. The molecule has 1 saturated heterocycles. The van der Waals surface area contributed by atoms with Gasteiger partial charge < -0.3 is 0 Å². The van der Waals surface area contributed by atoms with Crippen LogP contribution in [0.2, 0.25) is 0 Å². The topological polar surface area (TPSA) is 47.3 Å². The van der Waals surface area contributed by atoms with Gasteiger partial charge in [0.25, 0.3) is 0 Å². The van der Waals surface area contributed by atoms with E-state index in [1.54, 1.807) is 6.07 Å². The van der Waals surface area contributed by atoms with Crippen LogP contribution in [0.15, 0.2) is 18.2 Å². The first kappa shape index (κ1) is 10.8. The van der Waals surface area contributed by atoms with E-state index in [0.29, 0.717) is 10.9 Å². The predicted octanol–water partition coefficient (Wildman–Crippen LogP) is 1.98. The molecule has 0 saturated carbocycles. The first-order valence-corrected chi connectivity index (χ1v) is 6.83. The number of rotatable bonds is 3. The monoisotopic (exact) mass is 247 g/mol. The zero-order valence-electron chi connectivity index (χ0n) is 9.37. The molecule has 0 spiro atoms. The van der Waals surface area contributed by atoms with Crippen LogP contribution in [-0.4, -0.2) is 31.9 Å². The minimum atomic E-state index is 0.627. The van der Waals surface area contributed by atoms with Crippen molar-refractivity contribution in [2.24, 2.45) is 0 Å². The predicted molar refractivity (Wildman–Crippen MR) is 67.6 cm³/mol. The number of hydrogen-bond acceptors (Lipinski definition) is 4. The highest BCUT2D eigenvalue weighted by atomic mass is 32.2. The highest BCUT2D eigenvalue weighted by Crippen LogP contribution is 2.28. The highest BCUT2D eigenvalue weighted by molar-refractivity contribution is 8.00. The van der Waals surface area contributed by atoms with Crippen LogP contribution < -0.4 is 0 Å². The molecular weight excluding hydrogens is 234 g/mol. The van der Waals surface area contributed by atoms with Gasteiger partial charge in [0.15, 0.2) is 11.9 Å². The van der Waals surface area contributed by atoms with Crippen molar-refractivity contribution in [3.05, 3.63) is 29.7 Å². The van der Waals surface area contributed by atoms with Gasteiger partial charge >= 0.3 is 0 Å². The lowest BCUT2D eigenvalue weighted by Crippen LogP contribution is -2.08. The van der Waals surface area contributed by atoms with Crippen LogP contribution >= 0.6 is 11.8 Å². The van der Waals surface area contributed by atoms with Gasteiger partial charge in [0.05, 0.1) is 5.69 Å². The Balaban J connectivity index is 2.00. The van der Waals surface area contributed by atoms with Gasteiger partial charge in [-0.25, -0.2) is 0 Å². The normalized spacial score (nSPS) is 19.9. The summed E-state index contributed by atoms with van der Waals surface area (Å²) in [7, 11) is 0. The number of aromatic nitrogens is 3. The summed E-state index contributed by atoms with van der Waals surface area (Å²) in [5, 5.41) is 8.95. The number of nitrogens with zero attached hydrogens (tertiary/aromatic N) is 3. The number of carbonyl (C=O) groups is 1. The quantitative estimate of drug-likeness (QED) is 0.778. The molecule has 1 aliphatic heterocycles. The molecule has 1 unspecified atom stereocenters. The second-order valence-corrected chi connectivity index (χ2v) is 5.63. The maximum absolute atomic E-state index is 11.0. The van der Waals surface area contributed by atoms with E-state index in [1.165, 1.54) is 18.6 Å². The van der Waals surface area contributed by atoms with Crippen molar-refractivity contribution < 1.29 is 4.79 Å². The van der Waals surface area contributed by atoms with E-state index in [2.05, 4.69) is 10.2 Å². The third-order valence-corrected chi connectivity index (χ3v) is 4.48. The van der Waals surface area contributed by atoms with E-state index in [4.69, 9.17) is 0 Å². The van der Waals surface area contributed by atoms with Crippen LogP contribution in [0.5, 0.6) is 0 Å². The SMILES string of the molecule is O=Cc1cccc2nnc(CC3CCCS3)n12. The van der Waals surface area contributed by atoms with Gasteiger partial charge in [-0.1, -0.05) is 6.07 Å². The molecule has 17 heavy (non-hydrogen) atoms. The molecule has 1 atom stereocenters. The summed E-state index contributed by atoms with van der Waals surface area (Å²) in [6, 6.07) is 5.52. The summed E-state index contributed by atoms with van der Waals surface area (Å²) >= 11 is 1.99. The Kier molecular flexibility index (Phi) is 2.84. The molecule has 0 bridgehead atoms. The Hall–Kier alpha value is -1.36. The van der Waals surface area contributed by atoms with Crippen molar-refractivity contribution in [3.63, 3.8) is 0 Å². The Labute approximate surface area is 103 Å². The van der Waals surface area contributed by atoms with E-state index in [1.807, 2.05) is 28.3 Å². The summed E-state index contributed by atoms with van der Waals surface area (Å²) in [5.41, 5.74) is 1.39.